The van der Waals surface area contributed by atoms with Crippen LogP contribution in [0.15, 0.2) is 39.3 Å². The SMILES string of the molecule is CCC1=NO[C@H](CNC(=O)N(Cc2cocn2)Cc2cocn2)C1. The third-order valence-corrected chi connectivity index (χ3v) is 3.64. The standard InChI is InChI=1S/C15H19N5O4/c1-2-11-3-14(24-19-11)4-16-15(21)20(5-12-7-22-9-17-12)6-13-8-23-10-18-13/h7-10,14H,2-6H2,1H3,(H,16,21)/t14-/m0/s1. The van der Waals surface area contributed by atoms with Crippen molar-refractivity contribution in [3.05, 3.63) is 36.7 Å². The second kappa shape index (κ2) is 7.62. The van der Waals surface area contributed by atoms with Crippen LogP contribution >= 0.6 is 0 Å². The van der Waals surface area contributed by atoms with Crippen molar-refractivity contribution >= 4 is 11.7 Å². The topological polar surface area (TPSA) is 106 Å². The number of amides is 2. The first-order chi connectivity index (χ1) is 11.7. The van der Waals surface area contributed by atoms with Crippen molar-refractivity contribution in [2.45, 2.75) is 39.0 Å². The van der Waals surface area contributed by atoms with Crippen LogP contribution in [0, 0.1) is 0 Å². The largest absolute Gasteiger partial charge is 0.451 e. The van der Waals surface area contributed by atoms with E-state index in [4.69, 9.17) is 13.7 Å². The number of aromatic nitrogens is 2. The summed E-state index contributed by atoms with van der Waals surface area (Å²) in [6.07, 6.45) is 7.15. The van der Waals surface area contributed by atoms with E-state index in [9.17, 15) is 4.79 Å². The third-order valence-electron chi connectivity index (χ3n) is 3.64. The van der Waals surface area contributed by atoms with Gasteiger partial charge in [-0.25, -0.2) is 14.8 Å². The van der Waals surface area contributed by atoms with Crippen LogP contribution in [0.25, 0.3) is 0 Å². The van der Waals surface area contributed by atoms with Crippen LogP contribution in [0.1, 0.15) is 31.2 Å². The van der Waals surface area contributed by atoms with Crippen molar-refractivity contribution in [1.82, 2.24) is 20.2 Å². The Morgan fingerprint density at radius 2 is 1.92 bits per heavy atom. The second-order valence-corrected chi connectivity index (χ2v) is 5.44. The van der Waals surface area contributed by atoms with E-state index in [0.29, 0.717) is 31.0 Å². The molecule has 2 aromatic heterocycles. The number of carbonyl (C=O) groups excluding carboxylic acids is 1. The van der Waals surface area contributed by atoms with Gasteiger partial charge in [-0.2, -0.15) is 0 Å². The van der Waals surface area contributed by atoms with E-state index in [1.807, 2.05) is 6.92 Å². The van der Waals surface area contributed by atoms with Gasteiger partial charge in [-0.3, -0.25) is 0 Å². The smallest absolute Gasteiger partial charge is 0.318 e. The molecule has 24 heavy (non-hydrogen) atoms. The maximum atomic E-state index is 12.5. The highest BCUT2D eigenvalue weighted by Crippen LogP contribution is 2.12. The van der Waals surface area contributed by atoms with Gasteiger partial charge in [-0.15, -0.1) is 0 Å². The number of oxime groups is 1. The highest BCUT2D eigenvalue weighted by atomic mass is 16.6. The molecule has 0 bridgehead atoms. The summed E-state index contributed by atoms with van der Waals surface area (Å²) in [6.45, 7) is 3.02. The average molecular weight is 333 g/mol. The van der Waals surface area contributed by atoms with Crippen molar-refractivity contribution in [1.29, 1.82) is 0 Å². The van der Waals surface area contributed by atoms with Crippen LogP contribution in [0.5, 0.6) is 0 Å². The van der Waals surface area contributed by atoms with E-state index < -0.39 is 0 Å². The molecule has 1 N–H and O–H groups in total. The highest BCUT2D eigenvalue weighted by Gasteiger charge is 2.22. The lowest BCUT2D eigenvalue weighted by molar-refractivity contribution is 0.0844. The molecule has 3 heterocycles. The fraction of sp³-hybridized carbons (Fsp3) is 0.467. The zero-order valence-electron chi connectivity index (χ0n) is 13.3. The van der Waals surface area contributed by atoms with Crippen LogP contribution in [0.2, 0.25) is 0 Å². The van der Waals surface area contributed by atoms with Crippen molar-refractivity contribution < 1.29 is 18.5 Å². The van der Waals surface area contributed by atoms with Gasteiger partial charge in [0.2, 0.25) is 0 Å². The van der Waals surface area contributed by atoms with E-state index in [0.717, 1.165) is 18.6 Å². The minimum absolute atomic E-state index is 0.121. The van der Waals surface area contributed by atoms with Crippen LogP contribution in [0.3, 0.4) is 0 Å². The number of nitrogens with one attached hydrogen (secondary N) is 1. The van der Waals surface area contributed by atoms with Gasteiger partial charge >= 0.3 is 6.03 Å². The highest BCUT2D eigenvalue weighted by molar-refractivity contribution is 5.85. The number of hydrogen-bond acceptors (Lipinski definition) is 7. The van der Waals surface area contributed by atoms with E-state index in [1.54, 1.807) is 4.90 Å². The molecule has 128 valence electrons. The Labute approximate surface area is 138 Å². The number of oxazole rings is 2. The average Bonchev–Trinajstić information content (AvgIpc) is 3.34. The molecule has 2 aromatic rings. The molecule has 9 nitrogen and oxygen atoms in total. The van der Waals surface area contributed by atoms with Crippen molar-refractivity contribution in [2.75, 3.05) is 6.54 Å². The van der Waals surface area contributed by atoms with Crippen molar-refractivity contribution in [3.8, 4) is 0 Å². The Hall–Kier alpha value is -2.84. The molecule has 0 fully saturated rings. The third kappa shape index (κ3) is 4.12. The Balaban J connectivity index is 1.56. The summed E-state index contributed by atoms with van der Waals surface area (Å²) in [6, 6.07) is -0.241. The molecular weight excluding hydrogens is 314 g/mol. The van der Waals surface area contributed by atoms with E-state index in [2.05, 4.69) is 20.4 Å². The predicted molar refractivity (Wildman–Crippen MR) is 82.9 cm³/mol. The Morgan fingerprint density at radius 3 is 2.42 bits per heavy atom. The maximum absolute atomic E-state index is 12.5. The van der Waals surface area contributed by atoms with Gasteiger partial charge in [0.25, 0.3) is 0 Å². The maximum Gasteiger partial charge on any atom is 0.318 e. The first-order valence-electron chi connectivity index (χ1n) is 7.73. The molecule has 0 spiro atoms. The molecule has 1 aliphatic heterocycles. The molecule has 3 rings (SSSR count). The first-order valence-corrected chi connectivity index (χ1v) is 7.73. The van der Waals surface area contributed by atoms with Gasteiger partial charge in [-0.1, -0.05) is 12.1 Å². The van der Waals surface area contributed by atoms with Crippen molar-refractivity contribution in [2.24, 2.45) is 5.16 Å². The van der Waals surface area contributed by atoms with Crippen LogP contribution in [0.4, 0.5) is 4.79 Å². The van der Waals surface area contributed by atoms with Crippen LogP contribution in [-0.2, 0) is 17.9 Å². The summed E-state index contributed by atoms with van der Waals surface area (Å²) < 4.78 is 9.91. The molecule has 1 atom stereocenters. The van der Waals surface area contributed by atoms with Gasteiger partial charge in [0, 0.05) is 6.42 Å². The van der Waals surface area contributed by atoms with Gasteiger partial charge in [0.1, 0.15) is 18.6 Å². The summed E-state index contributed by atoms with van der Waals surface area (Å²) in [5.41, 5.74) is 2.32. The fourth-order valence-electron chi connectivity index (χ4n) is 2.34. The molecule has 0 saturated carbocycles. The Bertz CT molecular complexity index is 632. The summed E-state index contributed by atoms with van der Waals surface area (Å²) in [5, 5.41) is 6.85. The van der Waals surface area contributed by atoms with Gasteiger partial charge < -0.3 is 23.9 Å². The number of nitrogens with zero attached hydrogens (tertiary/aromatic N) is 4. The number of carbonyl (C=O) groups is 1. The molecule has 0 unspecified atom stereocenters. The van der Waals surface area contributed by atoms with Crippen LogP contribution in [-0.4, -0.2) is 39.3 Å². The van der Waals surface area contributed by atoms with Crippen LogP contribution < -0.4 is 5.32 Å². The molecule has 0 saturated heterocycles. The van der Waals surface area contributed by atoms with Crippen molar-refractivity contribution in [3.63, 3.8) is 0 Å². The molecule has 0 aromatic carbocycles. The zero-order valence-corrected chi connectivity index (χ0v) is 13.3. The minimum Gasteiger partial charge on any atom is -0.451 e. The lowest BCUT2D eigenvalue weighted by atomic mass is 10.1. The minimum atomic E-state index is -0.241. The molecular formula is C15H19N5O4. The lowest BCUT2D eigenvalue weighted by Gasteiger charge is -2.21. The van der Waals surface area contributed by atoms with E-state index in [1.165, 1.54) is 25.3 Å². The number of rotatable bonds is 7. The summed E-state index contributed by atoms with van der Waals surface area (Å²) in [7, 11) is 0. The Morgan fingerprint density at radius 1 is 1.25 bits per heavy atom. The molecule has 0 radical (unpaired) electrons. The lowest BCUT2D eigenvalue weighted by Crippen LogP contribution is -2.42. The molecule has 1 aliphatic rings. The predicted octanol–water partition coefficient (Wildman–Crippen LogP) is 1.93. The summed E-state index contributed by atoms with van der Waals surface area (Å²) >= 11 is 0. The number of hydrogen-bond donors (Lipinski definition) is 1. The normalized spacial score (nSPS) is 16.5. The van der Waals surface area contributed by atoms with E-state index >= 15 is 0 Å². The first kappa shape index (κ1) is 16.0. The van der Waals surface area contributed by atoms with Gasteiger partial charge in [0.05, 0.1) is 36.7 Å². The molecule has 9 heteroatoms. The van der Waals surface area contributed by atoms with Gasteiger partial charge in [-0.05, 0) is 6.42 Å². The summed E-state index contributed by atoms with van der Waals surface area (Å²) in [4.78, 5) is 27.5. The molecule has 0 aliphatic carbocycles. The number of urea groups is 1. The zero-order chi connectivity index (χ0) is 16.8. The quantitative estimate of drug-likeness (QED) is 0.830. The molecule has 2 amide bonds. The van der Waals surface area contributed by atoms with Gasteiger partial charge in [0.15, 0.2) is 12.8 Å². The fourth-order valence-corrected chi connectivity index (χ4v) is 2.34. The summed E-state index contributed by atoms with van der Waals surface area (Å²) in [5.74, 6) is 0. The van der Waals surface area contributed by atoms with E-state index in [-0.39, 0.29) is 12.1 Å². The second-order valence-electron chi connectivity index (χ2n) is 5.44. The Kier molecular flexibility index (Phi) is 5.09. The monoisotopic (exact) mass is 333 g/mol.